The summed E-state index contributed by atoms with van der Waals surface area (Å²) in [5.74, 6) is 0.880. The maximum Gasteiger partial charge on any atom is 0.315 e. The van der Waals surface area contributed by atoms with Crippen LogP contribution in [0, 0.1) is 0 Å². The monoisotopic (exact) mass is 321 g/mol. The van der Waals surface area contributed by atoms with E-state index < -0.39 is 0 Å². The molecule has 0 aliphatic carbocycles. The predicted octanol–water partition coefficient (Wildman–Crippen LogP) is 1.73. The van der Waals surface area contributed by atoms with E-state index in [-0.39, 0.29) is 24.7 Å². The molecule has 128 valence electrons. The van der Waals surface area contributed by atoms with Crippen LogP contribution in [0.4, 0.5) is 10.5 Å². The van der Waals surface area contributed by atoms with Crippen LogP contribution in [-0.2, 0) is 0 Å². The topological polar surface area (TPSA) is 73.8 Å². The van der Waals surface area contributed by atoms with Crippen LogP contribution >= 0.6 is 0 Å². The third kappa shape index (κ3) is 4.76. The average Bonchev–Trinajstić information content (AvgIpc) is 2.60. The molecule has 1 aliphatic rings. The van der Waals surface area contributed by atoms with E-state index in [4.69, 9.17) is 9.84 Å². The fourth-order valence-electron chi connectivity index (χ4n) is 2.85. The molecule has 0 spiro atoms. The minimum Gasteiger partial charge on any atom is -0.495 e. The number of piperidine rings is 1. The van der Waals surface area contributed by atoms with Crippen molar-refractivity contribution in [2.24, 2.45) is 0 Å². The molecule has 1 atom stereocenters. The standard InChI is InChI=1S/C17H27N3O3/c1-3-13(12-21)18-17(22)19-14-8-10-20(11-9-14)15-6-4-5-7-16(15)23-2/h4-7,13-14,21H,3,8-12H2,1-2H3,(H2,18,19,22). The van der Waals surface area contributed by atoms with Gasteiger partial charge in [0.1, 0.15) is 5.75 Å². The molecule has 23 heavy (non-hydrogen) atoms. The Morgan fingerprint density at radius 1 is 1.39 bits per heavy atom. The first-order chi connectivity index (χ1) is 11.2. The van der Waals surface area contributed by atoms with Crippen molar-refractivity contribution in [3.8, 4) is 5.75 Å². The van der Waals surface area contributed by atoms with E-state index in [2.05, 4.69) is 21.6 Å². The lowest BCUT2D eigenvalue weighted by Gasteiger charge is -2.34. The number of ether oxygens (including phenoxy) is 1. The lowest BCUT2D eigenvalue weighted by molar-refractivity contribution is 0.210. The van der Waals surface area contributed by atoms with Crippen LogP contribution in [-0.4, -0.2) is 50.0 Å². The Balaban J connectivity index is 1.83. The van der Waals surface area contributed by atoms with E-state index in [1.807, 2.05) is 25.1 Å². The van der Waals surface area contributed by atoms with Gasteiger partial charge >= 0.3 is 6.03 Å². The Labute approximate surface area is 137 Å². The van der Waals surface area contributed by atoms with Crippen molar-refractivity contribution in [1.29, 1.82) is 0 Å². The van der Waals surface area contributed by atoms with Crippen LogP contribution in [0.1, 0.15) is 26.2 Å². The Morgan fingerprint density at radius 3 is 2.70 bits per heavy atom. The van der Waals surface area contributed by atoms with Gasteiger partial charge in [-0.2, -0.15) is 0 Å². The molecule has 1 aromatic rings. The van der Waals surface area contributed by atoms with Crippen LogP contribution < -0.4 is 20.3 Å². The van der Waals surface area contributed by atoms with Gasteiger partial charge < -0.3 is 25.4 Å². The number of carbonyl (C=O) groups excluding carboxylic acids is 1. The Bertz CT molecular complexity index is 498. The van der Waals surface area contributed by atoms with Gasteiger partial charge in [0.15, 0.2) is 0 Å². The summed E-state index contributed by atoms with van der Waals surface area (Å²) in [6, 6.07) is 7.79. The molecule has 1 saturated heterocycles. The van der Waals surface area contributed by atoms with Gasteiger partial charge in [0.05, 0.1) is 25.4 Å². The highest BCUT2D eigenvalue weighted by Gasteiger charge is 2.23. The third-order valence-electron chi connectivity index (χ3n) is 4.30. The zero-order valence-electron chi connectivity index (χ0n) is 13.9. The quantitative estimate of drug-likeness (QED) is 0.746. The van der Waals surface area contributed by atoms with Crippen molar-refractivity contribution in [1.82, 2.24) is 10.6 Å². The molecule has 0 saturated carbocycles. The van der Waals surface area contributed by atoms with Gasteiger partial charge in [0.2, 0.25) is 0 Å². The zero-order valence-corrected chi connectivity index (χ0v) is 13.9. The minimum atomic E-state index is -0.193. The largest absolute Gasteiger partial charge is 0.495 e. The average molecular weight is 321 g/mol. The maximum absolute atomic E-state index is 11.9. The van der Waals surface area contributed by atoms with Crippen LogP contribution in [0.3, 0.4) is 0 Å². The summed E-state index contributed by atoms with van der Waals surface area (Å²) < 4.78 is 5.41. The third-order valence-corrected chi connectivity index (χ3v) is 4.30. The van der Waals surface area contributed by atoms with Crippen molar-refractivity contribution in [3.63, 3.8) is 0 Å². The normalized spacial score (nSPS) is 16.7. The number of hydrogen-bond acceptors (Lipinski definition) is 4. The van der Waals surface area contributed by atoms with E-state index in [1.165, 1.54) is 0 Å². The summed E-state index contributed by atoms with van der Waals surface area (Å²) in [7, 11) is 1.68. The van der Waals surface area contributed by atoms with E-state index in [0.29, 0.717) is 0 Å². The molecule has 2 rings (SSSR count). The number of methoxy groups -OCH3 is 1. The van der Waals surface area contributed by atoms with Crippen LogP contribution in [0.25, 0.3) is 0 Å². The molecule has 6 nitrogen and oxygen atoms in total. The van der Waals surface area contributed by atoms with Crippen LogP contribution in [0.5, 0.6) is 5.75 Å². The summed E-state index contributed by atoms with van der Waals surface area (Å²) in [5, 5.41) is 14.9. The molecule has 1 unspecified atom stereocenters. The maximum atomic E-state index is 11.9. The first-order valence-electron chi connectivity index (χ1n) is 8.23. The summed E-state index contributed by atoms with van der Waals surface area (Å²) >= 11 is 0. The SMILES string of the molecule is CCC(CO)NC(=O)NC1CCN(c2ccccc2OC)CC1. The summed E-state index contributed by atoms with van der Waals surface area (Å²) in [6.45, 7) is 3.66. The van der Waals surface area contributed by atoms with Gasteiger partial charge in [-0.05, 0) is 31.4 Å². The summed E-state index contributed by atoms with van der Waals surface area (Å²) in [6.07, 6.45) is 2.50. The number of aliphatic hydroxyl groups excluding tert-OH is 1. The van der Waals surface area contributed by atoms with Crippen molar-refractivity contribution in [2.75, 3.05) is 31.7 Å². The molecule has 6 heteroatoms. The van der Waals surface area contributed by atoms with Crippen LogP contribution in [0.2, 0.25) is 0 Å². The highest BCUT2D eigenvalue weighted by atomic mass is 16.5. The van der Waals surface area contributed by atoms with Crippen molar-refractivity contribution in [2.45, 2.75) is 38.3 Å². The van der Waals surface area contributed by atoms with Crippen molar-refractivity contribution in [3.05, 3.63) is 24.3 Å². The molecule has 0 radical (unpaired) electrons. The number of hydrogen-bond donors (Lipinski definition) is 3. The molecule has 0 bridgehead atoms. The zero-order chi connectivity index (χ0) is 16.7. The second kappa shape index (κ2) is 8.62. The Kier molecular flexibility index (Phi) is 6.52. The number of benzene rings is 1. The minimum absolute atomic E-state index is 0.0316. The molecule has 1 fully saturated rings. The van der Waals surface area contributed by atoms with E-state index in [1.54, 1.807) is 7.11 Å². The number of anilines is 1. The number of aliphatic hydroxyl groups is 1. The van der Waals surface area contributed by atoms with Gasteiger partial charge in [0.25, 0.3) is 0 Å². The van der Waals surface area contributed by atoms with Crippen molar-refractivity contribution < 1.29 is 14.6 Å². The Morgan fingerprint density at radius 2 is 2.09 bits per heavy atom. The molecule has 2 amide bonds. The van der Waals surface area contributed by atoms with Crippen LogP contribution in [0.15, 0.2) is 24.3 Å². The highest BCUT2D eigenvalue weighted by molar-refractivity contribution is 5.74. The van der Waals surface area contributed by atoms with Gasteiger partial charge in [-0.1, -0.05) is 19.1 Å². The number of rotatable bonds is 6. The van der Waals surface area contributed by atoms with Crippen molar-refractivity contribution >= 4 is 11.7 Å². The Hall–Kier alpha value is -1.95. The molecule has 3 N–H and O–H groups in total. The molecule has 1 aromatic carbocycles. The second-order valence-corrected chi connectivity index (χ2v) is 5.84. The number of amides is 2. The fourth-order valence-corrected chi connectivity index (χ4v) is 2.85. The van der Waals surface area contributed by atoms with Gasteiger partial charge in [-0.3, -0.25) is 0 Å². The number of para-hydroxylation sites is 2. The summed E-state index contributed by atoms with van der Waals surface area (Å²) in [4.78, 5) is 14.2. The molecular weight excluding hydrogens is 294 g/mol. The number of carbonyl (C=O) groups is 1. The molecular formula is C17H27N3O3. The van der Waals surface area contributed by atoms with E-state index in [9.17, 15) is 4.79 Å². The number of urea groups is 1. The fraction of sp³-hybridized carbons (Fsp3) is 0.588. The smallest absolute Gasteiger partial charge is 0.315 e. The lowest BCUT2D eigenvalue weighted by atomic mass is 10.0. The van der Waals surface area contributed by atoms with E-state index in [0.717, 1.165) is 43.8 Å². The first-order valence-corrected chi connectivity index (χ1v) is 8.23. The van der Waals surface area contributed by atoms with E-state index >= 15 is 0 Å². The molecule has 0 aromatic heterocycles. The van der Waals surface area contributed by atoms with Gasteiger partial charge in [-0.25, -0.2) is 4.79 Å². The van der Waals surface area contributed by atoms with Gasteiger partial charge in [-0.15, -0.1) is 0 Å². The lowest BCUT2D eigenvalue weighted by Crippen LogP contribution is -2.50. The molecule has 1 heterocycles. The summed E-state index contributed by atoms with van der Waals surface area (Å²) in [5.41, 5.74) is 1.10. The number of nitrogens with one attached hydrogen (secondary N) is 2. The first kappa shape index (κ1) is 17.4. The number of nitrogens with zero attached hydrogens (tertiary/aromatic N) is 1. The predicted molar refractivity (Wildman–Crippen MR) is 91.1 cm³/mol. The molecule has 1 aliphatic heterocycles. The van der Waals surface area contributed by atoms with Gasteiger partial charge in [0, 0.05) is 19.1 Å². The highest BCUT2D eigenvalue weighted by Crippen LogP contribution is 2.29. The second-order valence-electron chi connectivity index (χ2n) is 5.84.